The zero-order valence-electron chi connectivity index (χ0n) is 16.3. The number of benzene rings is 2. The summed E-state index contributed by atoms with van der Waals surface area (Å²) >= 11 is 12.8. The molecule has 2 aliphatic rings. The highest BCUT2D eigenvalue weighted by molar-refractivity contribution is 6.39. The molecule has 0 saturated heterocycles. The molecule has 1 fully saturated rings. The molecule has 0 bridgehead atoms. The number of carbonyl (C=O) groups is 1. The molecule has 1 heterocycles. The number of nitrogens with zero attached hydrogens (tertiary/aromatic N) is 2. The molecule has 0 amide bonds. The lowest BCUT2D eigenvalue weighted by Crippen LogP contribution is -2.11. The minimum atomic E-state index is -0.804. The lowest BCUT2D eigenvalue weighted by Gasteiger charge is -2.17. The van der Waals surface area contributed by atoms with Crippen LogP contribution in [0.4, 0.5) is 10.2 Å². The summed E-state index contributed by atoms with van der Waals surface area (Å²) in [7, 11) is 0. The number of aliphatic carboxylic acids is 1. The quantitative estimate of drug-likeness (QED) is 0.500. The monoisotopic (exact) mass is 457 g/mol. The first kappa shape index (κ1) is 20.2. The number of fused-ring (bicyclic) bond motifs is 1. The van der Waals surface area contributed by atoms with Gasteiger partial charge in [-0.2, -0.15) is 0 Å². The van der Waals surface area contributed by atoms with Crippen molar-refractivity contribution < 1.29 is 14.3 Å². The summed E-state index contributed by atoms with van der Waals surface area (Å²) in [6, 6.07) is 8.24. The van der Waals surface area contributed by atoms with Crippen molar-refractivity contribution in [3.63, 3.8) is 0 Å². The predicted octanol–water partition coefficient (Wildman–Crippen LogP) is 5.88. The standard InChI is InChI=1S/C23H18Cl2FN3O2/c24-15-2-1-3-16(25)21(15)11-4-6-17(26)22-12(11)5-7-18(22)29-20-10-27-19(9-28-20)13-8-14(13)23(30)31/h1-4,6,9-10,13-14,18H,5,7-8H2,(H,28,29)(H,30,31)/t13-,14-,18+/m0/s1. The van der Waals surface area contributed by atoms with Crippen LogP contribution < -0.4 is 5.32 Å². The van der Waals surface area contributed by atoms with Crippen LogP contribution in [0.3, 0.4) is 0 Å². The molecule has 5 rings (SSSR count). The smallest absolute Gasteiger partial charge is 0.307 e. The van der Waals surface area contributed by atoms with Crippen molar-refractivity contribution in [2.24, 2.45) is 5.92 Å². The van der Waals surface area contributed by atoms with Gasteiger partial charge in [-0.15, -0.1) is 0 Å². The Morgan fingerprint density at radius 1 is 1.13 bits per heavy atom. The molecule has 2 N–H and O–H groups in total. The number of carboxylic acid groups (broad SMARTS) is 1. The average molecular weight is 458 g/mol. The Hall–Kier alpha value is -2.70. The third-order valence-corrected chi connectivity index (χ3v) is 6.68. The molecule has 0 unspecified atom stereocenters. The van der Waals surface area contributed by atoms with Crippen molar-refractivity contribution in [1.29, 1.82) is 0 Å². The zero-order chi connectivity index (χ0) is 21.7. The Bertz CT molecular complexity index is 1170. The van der Waals surface area contributed by atoms with Crippen LogP contribution in [-0.4, -0.2) is 21.0 Å². The molecule has 8 heteroatoms. The minimum absolute atomic E-state index is 0.0772. The van der Waals surface area contributed by atoms with Crippen LogP contribution in [0.2, 0.25) is 10.0 Å². The summed E-state index contributed by atoms with van der Waals surface area (Å²) in [5.41, 5.74) is 3.70. The Morgan fingerprint density at radius 3 is 2.55 bits per heavy atom. The van der Waals surface area contributed by atoms with E-state index in [9.17, 15) is 9.18 Å². The summed E-state index contributed by atoms with van der Waals surface area (Å²) in [5, 5.41) is 13.4. The largest absolute Gasteiger partial charge is 0.481 e. The first-order valence-corrected chi connectivity index (χ1v) is 10.8. The second-order valence-electron chi connectivity index (χ2n) is 7.93. The van der Waals surface area contributed by atoms with Crippen LogP contribution in [-0.2, 0) is 11.2 Å². The predicted molar refractivity (Wildman–Crippen MR) is 117 cm³/mol. The molecular weight excluding hydrogens is 440 g/mol. The van der Waals surface area contributed by atoms with Crippen molar-refractivity contribution >= 4 is 35.0 Å². The number of aromatic nitrogens is 2. The normalized spacial score (nSPS) is 21.6. The maximum Gasteiger partial charge on any atom is 0.307 e. The van der Waals surface area contributed by atoms with Gasteiger partial charge in [-0.1, -0.05) is 35.3 Å². The summed E-state index contributed by atoms with van der Waals surface area (Å²) in [6.07, 6.45) is 5.14. The molecule has 158 valence electrons. The van der Waals surface area contributed by atoms with Gasteiger partial charge in [-0.3, -0.25) is 9.78 Å². The highest BCUT2D eigenvalue weighted by Gasteiger charge is 2.45. The van der Waals surface area contributed by atoms with Gasteiger partial charge in [-0.05, 0) is 48.6 Å². The van der Waals surface area contributed by atoms with Crippen molar-refractivity contribution in [2.75, 3.05) is 5.32 Å². The second-order valence-corrected chi connectivity index (χ2v) is 8.75. The van der Waals surface area contributed by atoms with Crippen LogP contribution in [0.15, 0.2) is 42.7 Å². The van der Waals surface area contributed by atoms with E-state index in [2.05, 4.69) is 15.3 Å². The number of nitrogens with one attached hydrogen (secondary N) is 1. The van der Waals surface area contributed by atoms with E-state index in [0.717, 1.165) is 11.1 Å². The van der Waals surface area contributed by atoms with Gasteiger partial charge in [0.2, 0.25) is 0 Å². The van der Waals surface area contributed by atoms with Crippen LogP contribution in [0.25, 0.3) is 11.1 Å². The maximum absolute atomic E-state index is 14.8. The minimum Gasteiger partial charge on any atom is -0.481 e. The van der Waals surface area contributed by atoms with Crippen molar-refractivity contribution in [3.8, 4) is 11.1 Å². The summed E-state index contributed by atoms with van der Waals surface area (Å²) in [5.74, 6) is -1.02. The van der Waals surface area contributed by atoms with Gasteiger partial charge in [0, 0.05) is 27.1 Å². The molecule has 0 aliphatic heterocycles. The van der Waals surface area contributed by atoms with Gasteiger partial charge in [0.05, 0.1) is 30.0 Å². The molecule has 1 aromatic heterocycles. The summed E-state index contributed by atoms with van der Waals surface area (Å²) in [4.78, 5) is 19.8. The Balaban J connectivity index is 1.42. The fourth-order valence-electron chi connectivity index (χ4n) is 4.43. The zero-order valence-corrected chi connectivity index (χ0v) is 17.8. The molecule has 31 heavy (non-hydrogen) atoms. The molecule has 0 radical (unpaired) electrons. The third kappa shape index (κ3) is 3.64. The second kappa shape index (κ2) is 7.77. The van der Waals surface area contributed by atoms with Crippen molar-refractivity contribution in [2.45, 2.75) is 31.2 Å². The average Bonchev–Trinajstić information content (AvgIpc) is 3.44. The van der Waals surface area contributed by atoms with E-state index in [1.807, 2.05) is 0 Å². The van der Waals surface area contributed by atoms with E-state index in [1.54, 1.807) is 36.7 Å². The fraction of sp³-hybridized carbons (Fsp3) is 0.261. The van der Waals surface area contributed by atoms with Gasteiger partial charge in [0.15, 0.2) is 0 Å². The number of carboxylic acids is 1. The molecule has 2 aliphatic carbocycles. The van der Waals surface area contributed by atoms with E-state index < -0.39 is 5.97 Å². The van der Waals surface area contributed by atoms with Crippen molar-refractivity contribution in [1.82, 2.24) is 9.97 Å². The van der Waals surface area contributed by atoms with Crippen LogP contribution >= 0.6 is 23.2 Å². The van der Waals surface area contributed by atoms with E-state index in [1.165, 1.54) is 6.07 Å². The molecule has 0 spiro atoms. The SMILES string of the molecule is O=C(O)[C@H]1C[C@@H]1c1cnc(N[C@@H]2CCc3c(-c4c(Cl)cccc4Cl)ccc(F)c32)cn1. The highest BCUT2D eigenvalue weighted by Crippen LogP contribution is 2.47. The van der Waals surface area contributed by atoms with E-state index in [4.69, 9.17) is 28.3 Å². The molecule has 2 aromatic carbocycles. The molecule has 3 aromatic rings. The van der Waals surface area contributed by atoms with Gasteiger partial charge in [0.1, 0.15) is 11.6 Å². The number of halogens is 3. The molecule has 3 atom stereocenters. The molecule has 1 saturated carbocycles. The summed E-state index contributed by atoms with van der Waals surface area (Å²) in [6.45, 7) is 0. The van der Waals surface area contributed by atoms with Gasteiger partial charge < -0.3 is 10.4 Å². The van der Waals surface area contributed by atoms with E-state index in [0.29, 0.717) is 51.9 Å². The Morgan fingerprint density at radius 2 is 1.90 bits per heavy atom. The Kier molecular flexibility index (Phi) is 5.07. The van der Waals surface area contributed by atoms with E-state index in [-0.39, 0.29) is 23.7 Å². The maximum atomic E-state index is 14.8. The van der Waals surface area contributed by atoms with E-state index >= 15 is 0 Å². The lowest BCUT2D eigenvalue weighted by atomic mass is 9.95. The first-order chi connectivity index (χ1) is 14.9. The number of rotatable bonds is 5. The number of anilines is 1. The topological polar surface area (TPSA) is 75.1 Å². The van der Waals surface area contributed by atoms with Crippen LogP contribution in [0.5, 0.6) is 0 Å². The number of hydrogen-bond donors (Lipinski definition) is 2. The first-order valence-electron chi connectivity index (χ1n) is 10.0. The third-order valence-electron chi connectivity index (χ3n) is 6.05. The Labute approximate surface area is 188 Å². The molecular formula is C23H18Cl2FN3O2. The fourth-order valence-corrected chi connectivity index (χ4v) is 5.03. The number of hydrogen-bond acceptors (Lipinski definition) is 4. The van der Waals surface area contributed by atoms with Gasteiger partial charge in [0.25, 0.3) is 0 Å². The molecule has 5 nitrogen and oxygen atoms in total. The van der Waals surface area contributed by atoms with Crippen molar-refractivity contribution in [3.05, 3.63) is 75.4 Å². The van der Waals surface area contributed by atoms with Crippen LogP contribution in [0.1, 0.15) is 41.6 Å². The van der Waals surface area contributed by atoms with Crippen LogP contribution in [0, 0.1) is 11.7 Å². The van der Waals surface area contributed by atoms with Gasteiger partial charge in [-0.25, -0.2) is 9.37 Å². The lowest BCUT2D eigenvalue weighted by molar-refractivity contribution is -0.138. The highest BCUT2D eigenvalue weighted by atomic mass is 35.5. The summed E-state index contributed by atoms with van der Waals surface area (Å²) < 4.78 is 14.8. The van der Waals surface area contributed by atoms with Gasteiger partial charge >= 0.3 is 5.97 Å².